The number of aromatic amines is 1. The standard InChI is InChI=1S/C28H25B8N5O/c1-15-8-7-9-19-20(15)38-22(39-21(19)42)23(3,4)25(29,30)16(2)40-24(5,6)26(31,32)41(28(35,36)27(40,33)34)18-12-10-17(14-37)11-13-18/h7-13H,2H2,1,3-6H3,(H,38,39,42). The summed E-state index contributed by atoms with van der Waals surface area (Å²) in [5, 5.41) is 1.60. The monoisotopic (exact) mass is 535 g/mol. The summed E-state index contributed by atoms with van der Waals surface area (Å²) < 4.78 is 0. The van der Waals surface area contributed by atoms with E-state index in [1.807, 2.05) is 19.1 Å². The van der Waals surface area contributed by atoms with E-state index in [-0.39, 0.29) is 17.1 Å². The van der Waals surface area contributed by atoms with Gasteiger partial charge in [-0.1, -0.05) is 37.8 Å². The molecule has 0 aliphatic carbocycles. The smallest absolute Gasteiger partial charge is 0.258 e. The van der Waals surface area contributed by atoms with E-state index < -0.39 is 32.2 Å². The van der Waals surface area contributed by atoms with Gasteiger partial charge in [0.25, 0.3) is 5.56 Å². The number of piperazine rings is 1. The lowest BCUT2D eigenvalue weighted by Crippen LogP contribution is -2.90. The van der Waals surface area contributed by atoms with Gasteiger partial charge in [-0.15, -0.1) is 0 Å². The van der Waals surface area contributed by atoms with Gasteiger partial charge in [0.05, 0.1) is 85.3 Å². The highest BCUT2D eigenvalue weighted by Gasteiger charge is 2.62. The number of rotatable bonds is 5. The van der Waals surface area contributed by atoms with Gasteiger partial charge >= 0.3 is 0 Å². The van der Waals surface area contributed by atoms with Crippen molar-refractivity contribution >= 4 is 79.4 Å². The van der Waals surface area contributed by atoms with Crippen molar-refractivity contribution in [1.82, 2.24) is 14.9 Å². The Morgan fingerprint density at radius 3 is 2.10 bits per heavy atom. The number of H-pyrrole nitrogens is 1. The highest BCUT2D eigenvalue weighted by molar-refractivity contribution is 6.58. The SMILES string of the molecule is [B]C([B])(C(=C)N1C([B])([B])C([B])([B])N(c2ccc(C#N)cc2)C([B])([B])C1(C)C)C(C)(C)c1nc2c(C)cccc2c(=O)[nH]1. The minimum Gasteiger partial charge on any atom is -0.392 e. The van der Waals surface area contributed by atoms with Crippen LogP contribution in [0.3, 0.4) is 0 Å². The van der Waals surface area contributed by atoms with Gasteiger partial charge in [-0.25, -0.2) is 4.98 Å². The summed E-state index contributed by atoms with van der Waals surface area (Å²) >= 11 is 0. The minimum atomic E-state index is -2.16. The number of nitrogens with one attached hydrogen (secondary N) is 1. The number of benzene rings is 2. The summed E-state index contributed by atoms with van der Waals surface area (Å²) in [5.74, 6) is 0.202. The number of allylic oxidation sites excluding steroid dienone is 1. The Morgan fingerprint density at radius 1 is 0.976 bits per heavy atom. The van der Waals surface area contributed by atoms with Crippen LogP contribution in [-0.2, 0) is 5.41 Å². The molecule has 2 heterocycles. The average Bonchev–Trinajstić information content (AvgIpc) is 2.88. The lowest BCUT2D eigenvalue weighted by Gasteiger charge is -2.77. The zero-order valence-corrected chi connectivity index (χ0v) is 24.6. The second kappa shape index (κ2) is 9.73. The van der Waals surface area contributed by atoms with Crippen LogP contribution in [-0.4, -0.2) is 99.2 Å². The molecule has 3 aromatic rings. The van der Waals surface area contributed by atoms with E-state index in [0.29, 0.717) is 22.2 Å². The summed E-state index contributed by atoms with van der Waals surface area (Å²) in [6.07, 6.45) is 0. The number of hydrogen-bond donors (Lipinski definition) is 1. The zero-order valence-electron chi connectivity index (χ0n) is 24.6. The first-order valence-electron chi connectivity index (χ1n) is 13.2. The molecule has 192 valence electrons. The van der Waals surface area contributed by atoms with Crippen LogP contribution in [0.5, 0.6) is 0 Å². The maximum absolute atomic E-state index is 13.0. The van der Waals surface area contributed by atoms with Gasteiger partial charge in [0.1, 0.15) is 5.82 Å². The number of hydrogen-bond acceptors (Lipinski definition) is 5. The molecule has 0 bridgehead atoms. The van der Waals surface area contributed by atoms with E-state index in [2.05, 4.69) is 11.6 Å². The Hall–Kier alpha value is -3.07. The van der Waals surface area contributed by atoms with Crippen molar-refractivity contribution in [2.75, 3.05) is 4.90 Å². The van der Waals surface area contributed by atoms with Crippen LogP contribution in [0.4, 0.5) is 5.69 Å². The second-order valence-electron chi connectivity index (χ2n) is 12.2. The van der Waals surface area contributed by atoms with E-state index in [0.717, 1.165) is 5.56 Å². The Bertz CT molecular complexity index is 1640. The van der Waals surface area contributed by atoms with E-state index in [1.54, 1.807) is 64.1 Å². The third kappa shape index (κ3) is 4.25. The zero-order chi connectivity index (χ0) is 31.8. The van der Waals surface area contributed by atoms with Crippen molar-refractivity contribution in [3.63, 3.8) is 0 Å². The van der Waals surface area contributed by atoms with Crippen LogP contribution in [0.25, 0.3) is 10.9 Å². The van der Waals surface area contributed by atoms with Crippen molar-refractivity contribution in [1.29, 1.82) is 5.26 Å². The Morgan fingerprint density at radius 2 is 1.55 bits per heavy atom. The minimum absolute atomic E-state index is 0.0185. The molecular formula is C28H25B8N5O. The van der Waals surface area contributed by atoms with Crippen molar-refractivity contribution in [2.45, 2.75) is 66.8 Å². The molecule has 4 rings (SSSR count). The molecule has 0 atom stereocenters. The number of nitriles is 1. The maximum atomic E-state index is 13.0. The van der Waals surface area contributed by atoms with Crippen molar-refractivity contribution < 1.29 is 0 Å². The lowest BCUT2D eigenvalue weighted by atomic mass is 9.30. The van der Waals surface area contributed by atoms with Gasteiger partial charge in [-0.2, -0.15) is 5.26 Å². The first kappa shape index (κ1) is 31.9. The fourth-order valence-electron chi connectivity index (χ4n) is 5.60. The number of nitrogens with zero attached hydrogens (tertiary/aromatic N) is 4. The molecule has 1 saturated heterocycles. The topological polar surface area (TPSA) is 76.0 Å². The van der Waals surface area contributed by atoms with E-state index in [9.17, 15) is 10.1 Å². The number of para-hydroxylation sites is 1. The summed E-state index contributed by atoms with van der Waals surface area (Å²) in [4.78, 5) is 23.2. The molecule has 0 amide bonds. The third-order valence-corrected chi connectivity index (χ3v) is 8.86. The molecule has 6 nitrogen and oxygen atoms in total. The van der Waals surface area contributed by atoms with Crippen molar-refractivity contribution in [3.05, 3.63) is 82.0 Å². The molecule has 0 saturated carbocycles. The molecule has 16 radical (unpaired) electrons. The van der Waals surface area contributed by atoms with Gasteiger partial charge in [-0.05, 0) is 78.4 Å². The fraction of sp³-hybridized carbons (Fsp3) is 0.393. The van der Waals surface area contributed by atoms with Gasteiger partial charge < -0.3 is 14.8 Å². The highest BCUT2D eigenvalue weighted by Crippen LogP contribution is 2.55. The molecule has 1 fully saturated rings. The second-order valence-corrected chi connectivity index (χ2v) is 12.2. The fourth-order valence-corrected chi connectivity index (χ4v) is 5.60. The quantitative estimate of drug-likeness (QED) is 0.494. The molecule has 1 N–H and O–H groups in total. The van der Waals surface area contributed by atoms with Crippen LogP contribution >= 0.6 is 0 Å². The summed E-state index contributed by atoms with van der Waals surface area (Å²) in [6.45, 7) is 12.8. The van der Waals surface area contributed by atoms with Gasteiger partial charge in [0.2, 0.25) is 0 Å². The van der Waals surface area contributed by atoms with E-state index in [1.165, 1.54) is 9.80 Å². The normalized spacial score (nSPS) is 19.2. The molecule has 42 heavy (non-hydrogen) atoms. The maximum Gasteiger partial charge on any atom is 0.258 e. The van der Waals surface area contributed by atoms with Crippen LogP contribution in [0, 0.1) is 18.3 Å². The summed E-state index contributed by atoms with van der Waals surface area (Å²) in [7, 11) is 54.4. The summed E-state index contributed by atoms with van der Waals surface area (Å²) in [6, 6.07) is 13.6. The van der Waals surface area contributed by atoms with Crippen LogP contribution in [0.15, 0.2) is 59.5 Å². The van der Waals surface area contributed by atoms with Crippen LogP contribution < -0.4 is 10.5 Å². The molecule has 0 spiro atoms. The van der Waals surface area contributed by atoms with E-state index in [4.69, 9.17) is 67.8 Å². The van der Waals surface area contributed by atoms with E-state index >= 15 is 0 Å². The van der Waals surface area contributed by atoms with Crippen LogP contribution in [0.2, 0.25) is 5.21 Å². The molecular weight excluding hydrogens is 509 g/mol. The molecule has 2 aromatic carbocycles. The third-order valence-electron chi connectivity index (χ3n) is 8.86. The lowest BCUT2D eigenvalue weighted by molar-refractivity contribution is 0.0508. The number of aryl methyl sites for hydroxylation is 1. The largest absolute Gasteiger partial charge is 0.392 e. The summed E-state index contributed by atoms with van der Waals surface area (Å²) in [5.41, 5.74) is -1.01. The molecule has 1 aliphatic heterocycles. The average molecular weight is 534 g/mol. The first-order valence-corrected chi connectivity index (χ1v) is 13.2. The molecule has 1 aromatic heterocycles. The Balaban J connectivity index is 1.87. The number of fused-ring (bicyclic) bond motifs is 1. The highest BCUT2D eigenvalue weighted by atomic mass is 16.1. The predicted octanol–water partition coefficient (Wildman–Crippen LogP) is 0.921. The first-order chi connectivity index (χ1) is 19.1. The van der Waals surface area contributed by atoms with Crippen LogP contribution in [0.1, 0.15) is 44.6 Å². The van der Waals surface area contributed by atoms with Crippen molar-refractivity contribution in [2.24, 2.45) is 0 Å². The molecule has 0 unspecified atom stereocenters. The van der Waals surface area contributed by atoms with Gasteiger partial charge in [-0.3, -0.25) is 4.79 Å². The number of aromatic nitrogens is 2. The number of anilines is 1. The molecule has 1 aliphatic rings. The Labute approximate surface area is 258 Å². The molecule has 14 heteroatoms. The van der Waals surface area contributed by atoms with Gasteiger partial charge in [0.15, 0.2) is 0 Å². The predicted molar refractivity (Wildman–Crippen MR) is 176 cm³/mol. The van der Waals surface area contributed by atoms with Gasteiger partial charge in [0, 0.05) is 16.6 Å². The Kier molecular flexibility index (Phi) is 7.38. The van der Waals surface area contributed by atoms with Crippen molar-refractivity contribution in [3.8, 4) is 6.07 Å².